The molecule has 2 nitrogen and oxygen atoms in total. The third-order valence-corrected chi connectivity index (χ3v) is 1.33. The second-order valence-corrected chi connectivity index (χ2v) is 2.41. The van der Waals surface area contributed by atoms with Crippen molar-refractivity contribution in [2.24, 2.45) is 0 Å². The van der Waals surface area contributed by atoms with E-state index in [1.54, 1.807) is 6.92 Å². The minimum Gasteiger partial charge on any atom is -0.483 e. The third-order valence-electron chi connectivity index (χ3n) is 1.33. The van der Waals surface area contributed by atoms with Crippen molar-refractivity contribution in [1.82, 2.24) is 0 Å². The topological polar surface area (TPSA) is 26.3 Å². The van der Waals surface area contributed by atoms with Crippen LogP contribution in [0.15, 0.2) is 24.3 Å². The Morgan fingerprint density at radius 2 is 2.00 bits per heavy atom. The summed E-state index contributed by atoms with van der Waals surface area (Å²) < 4.78 is 17.5. The highest BCUT2D eigenvalue weighted by molar-refractivity contribution is 5.55. The van der Waals surface area contributed by atoms with Gasteiger partial charge in [0.05, 0.1) is 0 Å². The summed E-state index contributed by atoms with van der Waals surface area (Å²) in [5, 5.41) is 0. The SMILES string of the molecule is CC(C=O)Oc1ccc(F)cc1. The Balaban J connectivity index is 2.64. The van der Waals surface area contributed by atoms with Gasteiger partial charge in [0.15, 0.2) is 12.4 Å². The molecule has 1 rings (SSSR count). The highest BCUT2D eigenvalue weighted by Crippen LogP contribution is 2.11. The summed E-state index contributed by atoms with van der Waals surface area (Å²) in [6.45, 7) is 1.62. The highest BCUT2D eigenvalue weighted by Gasteiger charge is 2.00. The molecule has 0 aromatic heterocycles. The molecule has 0 radical (unpaired) electrons. The molecule has 1 unspecified atom stereocenters. The van der Waals surface area contributed by atoms with Gasteiger partial charge in [-0.1, -0.05) is 0 Å². The minimum absolute atomic E-state index is 0.318. The van der Waals surface area contributed by atoms with Crippen LogP contribution in [0.25, 0.3) is 0 Å². The normalized spacial score (nSPS) is 12.2. The third kappa shape index (κ3) is 2.34. The van der Waals surface area contributed by atoms with E-state index < -0.39 is 6.10 Å². The van der Waals surface area contributed by atoms with Crippen LogP contribution in [-0.2, 0) is 4.79 Å². The van der Waals surface area contributed by atoms with Gasteiger partial charge in [-0.15, -0.1) is 0 Å². The predicted molar refractivity (Wildman–Crippen MR) is 42.6 cm³/mol. The van der Waals surface area contributed by atoms with Gasteiger partial charge < -0.3 is 4.74 Å². The fourth-order valence-electron chi connectivity index (χ4n) is 0.756. The maximum absolute atomic E-state index is 12.4. The zero-order valence-corrected chi connectivity index (χ0v) is 6.66. The molecule has 0 aliphatic heterocycles. The highest BCUT2D eigenvalue weighted by atomic mass is 19.1. The summed E-state index contributed by atoms with van der Waals surface area (Å²) in [6.07, 6.45) is 0.194. The van der Waals surface area contributed by atoms with Gasteiger partial charge in [-0.25, -0.2) is 4.39 Å². The number of rotatable bonds is 3. The van der Waals surface area contributed by atoms with E-state index in [4.69, 9.17) is 4.74 Å². The molecule has 0 fully saturated rings. The molecule has 1 atom stereocenters. The van der Waals surface area contributed by atoms with E-state index in [9.17, 15) is 9.18 Å². The molecule has 0 aliphatic rings. The lowest BCUT2D eigenvalue weighted by Crippen LogP contribution is -2.12. The molecule has 1 aromatic rings. The van der Waals surface area contributed by atoms with Gasteiger partial charge in [0.25, 0.3) is 0 Å². The fourth-order valence-corrected chi connectivity index (χ4v) is 0.756. The Kier molecular flexibility index (Phi) is 2.80. The number of carbonyl (C=O) groups excluding carboxylic acids is 1. The van der Waals surface area contributed by atoms with E-state index in [1.165, 1.54) is 24.3 Å². The largest absolute Gasteiger partial charge is 0.483 e. The summed E-state index contributed by atoms with van der Waals surface area (Å²) in [6, 6.07) is 5.53. The summed E-state index contributed by atoms with van der Waals surface area (Å²) in [7, 11) is 0. The van der Waals surface area contributed by atoms with Crippen LogP contribution >= 0.6 is 0 Å². The van der Waals surface area contributed by atoms with E-state index in [1.807, 2.05) is 0 Å². The first-order chi connectivity index (χ1) is 5.72. The van der Waals surface area contributed by atoms with Gasteiger partial charge in [-0.05, 0) is 31.2 Å². The van der Waals surface area contributed by atoms with Crippen LogP contribution in [0.3, 0.4) is 0 Å². The molecule has 0 bridgehead atoms. The Labute approximate surface area is 70.0 Å². The van der Waals surface area contributed by atoms with Gasteiger partial charge in [0, 0.05) is 0 Å². The number of hydrogen-bond donors (Lipinski definition) is 0. The van der Waals surface area contributed by atoms with Gasteiger partial charge >= 0.3 is 0 Å². The first-order valence-corrected chi connectivity index (χ1v) is 3.60. The van der Waals surface area contributed by atoms with Crippen molar-refractivity contribution < 1.29 is 13.9 Å². The number of hydrogen-bond acceptors (Lipinski definition) is 2. The average molecular weight is 168 g/mol. The van der Waals surface area contributed by atoms with E-state index >= 15 is 0 Å². The van der Waals surface area contributed by atoms with Crippen molar-refractivity contribution in [2.75, 3.05) is 0 Å². The molecule has 0 amide bonds. The first-order valence-electron chi connectivity index (χ1n) is 3.60. The molecule has 64 valence electrons. The zero-order valence-electron chi connectivity index (χ0n) is 6.66. The van der Waals surface area contributed by atoms with Crippen molar-refractivity contribution in [3.63, 3.8) is 0 Å². The van der Waals surface area contributed by atoms with Crippen LogP contribution in [0.2, 0.25) is 0 Å². The summed E-state index contributed by atoms with van der Waals surface area (Å²) in [5.41, 5.74) is 0. The Bertz CT molecular complexity index is 256. The Hall–Kier alpha value is -1.38. The number of ether oxygens (including phenoxy) is 1. The lowest BCUT2D eigenvalue weighted by molar-refractivity contribution is -0.113. The quantitative estimate of drug-likeness (QED) is 0.643. The van der Waals surface area contributed by atoms with Gasteiger partial charge in [0.2, 0.25) is 0 Å². The molecular weight excluding hydrogens is 159 g/mol. The molecular formula is C9H9FO2. The number of aldehydes is 1. The van der Waals surface area contributed by atoms with Crippen LogP contribution in [0.1, 0.15) is 6.92 Å². The molecule has 1 aromatic carbocycles. The maximum Gasteiger partial charge on any atom is 0.160 e. The monoisotopic (exact) mass is 168 g/mol. The van der Waals surface area contributed by atoms with E-state index in [0.29, 0.717) is 12.0 Å². The summed E-state index contributed by atoms with van der Waals surface area (Å²) in [5.74, 6) is 0.178. The lowest BCUT2D eigenvalue weighted by Gasteiger charge is -2.07. The van der Waals surface area contributed by atoms with Crippen molar-refractivity contribution in [2.45, 2.75) is 13.0 Å². The van der Waals surface area contributed by atoms with Crippen molar-refractivity contribution in [3.8, 4) is 5.75 Å². The molecule has 0 heterocycles. The maximum atomic E-state index is 12.4. The summed E-state index contributed by atoms with van der Waals surface area (Å²) in [4.78, 5) is 10.2. The minimum atomic E-state index is -0.490. The van der Waals surface area contributed by atoms with Crippen molar-refractivity contribution in [3.05, 3.63) is 30.1 Å². The van der Waals surface area contributed by atoms with Crippen LogP contribution in [0.4, 0.5) is 4.39 Å². The van der Waals surface area contributed by atoms with Gasteiger partial charge in [-0.2, -0.15) is 0 Å². The van der Waals surface area contributed by atoms with Crippen molar-refractivity contribution in [1.29, 1.82) is 0 Å². The molecule has 0 spiro atoms. The standard InChI is InChI=1S/C9H9FO2/c1-7(6-11)12-9-4-2-8(10)3-5-9/h2-7H,1H3. The van der Waals surface area contributed by atoms with E-state index in [2.05, 4.69) is 0 Å². The van der Waals surface area contributed by atoms with E-state index in [-0.39, 0.29) is 5.82 Å². The van der Waals surface area contributed by atoms with Gasteiger partial charge in [-0.3, -0.25) is 4.79 Å². The lowest BCUT2D eigenvalue weighted by atomic mass is 10.3. The Morgan fingerprint density at radius 1 is 1.42 bits per heavy atom. The Morgan fingerprint density at radius 3 is 2.50 bits per heavy atom. The second-order valence-electron chi connectivity index (χ2n) is 2.41. The molecule has 0 saturated heterocycles. The number of halogens is 1. The van der Waals surface area contributed by atoms with Crippen molar-refractivity contribution >= 4 is 6.29 Å². The predicted octanol–water partition coefficient (Wildman–Crippen LogP) is 1.79. The zero-order chi connectivity index (χ0) is 8.97. The smallest absolute Gasteiger partial charge is 0.160 e. The second kappa shape index (κ2) is 3.85. The summed E-state index contributed by atoms with van der Waals surface area (Å²) >= 11 is 0. The number of carbonyl (C=O) groups is 1. The van der Waals surface area contributed by atoms with Crippen LogP contribution in [0.5, 0.6) is 5.75 Å². The molecule has 0 N–H and O–H groups in total. The first kappa shape index (κ1) is 8.71. The fraction of sp³-hybridized carbons (Fsp3) is 0.222. The van der Waals surface area contributed by atoms with Gasteiger partial charge in [0.1, 0.15) is 11.6 Å². The van der Waals surface area contributed by atoms with Crippen LogP contribution in [0, 0.1) is 5.82 Å². The molecule has 0 saturated carbocycles. The molecule has 0 aliphatic carbocycles. The van der Waals surface area contributed by atoms with Crippen LogP contribution in [-0.4, -0.2) is 12.4 Å². The molecule has 3 heteroatoms. The van der Waals surface area contributed by atoms with Crippen LogP contribution < -0.4 is 4.74 Å². The average Bonchev–Trinajstić information content (AvgIpc) is 2.09. The van der Waals surface area contributed by atoms with E-state index in [0.717, 1.165) is 0 Å². The molecule has 12 heavy (non-hydrogen) atoms. The number of benzene rings is 1.